The van der Waals surface area contributed by atoms with E-state index in [1.54, 1.807) is 17.3 Å². The van der Waals surface area contributed by atoms with Crippen molar-refractivity contribution >= 4 is 11.8 Å². The summed E-state index contributed by atoms with van der Waals surface area (Å²) in [6, 6.07) is 3.21. The van der Waals surface area contributed by atoms with Crippen LogP contribution in [0, 0.1) is 0 Å². The van der Waals surface area contributed by atoms with Gasteiger partial charge < -0.3 is 15.1 Å². The average molecular weight is 366 g/mol. The van der Waals surface area contributed by atoms with Gasteiger partial charge in [-0.05, 0) is 25.0 Å². The van der Waals surface area contributed by atoms with Crippen LogP contribution in [0.5, 0.6) is 0 Å². The summed E-state index contributed by atoms with van der Waals surface area (Å²) in [6.07, 6.45) is 8.47. The molecule has 2 aliphatic rings. The van der Waals surface area contributed by atoms with Crippen molar-refractivity contribution in [1.29, 1.82) is 0 Å². The normalized spacial score (nSPS) is 19.9. The summed E-state index contributed by atoms with van der Waals surface area (Å²) in [6.45, 7) is 3.20. The Hall–Kier alpha value is -2.87. The molecule has 2 fully saturated rings. The Morgan fingerprint density at radius 1 is 1.07 bits per heavy atom. The van der Waals surface area contributed by atoms with Gasteiger partial charge in [-0.15, -0.1) is 0 Å². The number of carbonyl (C=O) groups excluding carboxylic acids is 2. The Morgan fingerprint density at radius 2 is 1.85 bits per heavy atom. The number of aromatic nitrogens is 3. The summed E-state index contributed by atoms with van der Waals surface area (Å²) in [4.78, 5) is 42.0. The summed E-state index contributed by atoms with van der Waals surface area (Å²) in [5.74, 6) is 0.345. The van der Waals surface area contributed by atoms with Crippen molar-refractivity contribution in [3.63, 3.8) is 0 Å². The monoisotopic (exact) mass is 366 g/mol. The summed E-state index contributed by atoms with van der Waals surface area (Å²) >= 11 is 0. The summed E-state index contributed by atoms with van der Waals surface area (Å²) in [5, 5.41) is 3.23. The number of nitrogens with zero attached hydrogens (tertiary/aromatic N) is 5. The highest BCUT2D eigenvalue weighted by Crippen LogP contribution is 2.17. The molecule has 0 aliphatic carbocycles. The van der Waals surface area contributed by atoms with Gasteiger partial charge in [-0.3, -0.25) is 14.6 Å². The number of hydrogen-bond donors (Lipinski definition) is 1. The van der Waals surface area contributed by atoms with E-state index in [1.165, 1.54) is 12.4 Å². The van der Waals surface area contributed by atoms with Gasteiger partial charge in [0.2, 0.25) is 5.91 Å². The van der Waals surface area contributed by atoms with Gasteiger partial charge in [0.15, 0.2) is 5.82 Å². The third kappa shape index (κ3) is 3.66. The van der Waals surface area contributed by atoms with Gasteiger partial charge in [-0.1, -0.05) is 0 Å². The topological polar surface area (TPSA) is 91.3 Å². The van der Waals surface area contributed by atoms with Gasteiger partial charge in [0.1, 0.15) is 6.04 Å². The van der Waals surface area contributed by atoms with Gasteiger partial charge in [-0.2, -0.15) is 0 Å². The molecule has 2 aliphatic heterocycles. The van der Waals surface area contributed by atoms with E-state index < -0.39 is 6.04 Å². The zero-order chi connectivity index (χ0) is 18.6. The van der Waals surface area contributed by atoms with Crippen LogP contribution in [0.15, 0.2) is 36.9 Å². The average Bonchev–Trinajstić information content (AvgIpc) is 3.28. The van der Waals surface area contributed by atoms with Crippen LogP contribution in [0.1, 0.15) is 23.2 Å². The smallest absolute Gasteiger partial charge is 0.257 e. The minimum atomic E-state index is -0.470. The van der Waals surface area contributed by atoms with Gasteiger partial charge in [0, 0.05) is 63.1 Å². The van der Waals surface area contributed by atoms with Crippen LogP contribution in [0.4, 0.5) is 0 Å². The zero-order valence-electron chi connectivity index (χ0n) is 15.0. The molecule has 2 aromatic heterocycles. The number of piperazine rings is 1. The minimum Gasteiger partial charge on any atom is -0.341 e. The largest absolute Gasteiger partial charge is 0.341 e. The highest BCUT2D eigenvalue weighted by molar-refractivity contribution is 5.97. The van der Waals surface area contributed by atoms with Crippen molar-refractivity contribution in [3.8, 4) is 11.4 Å². The molecule has 0 saturated carbocycles. The van der Waals surface area contributed by atoms with E-state index >= 15 is 0 Å². The Bertz CT molecular complexity index is 805. The van der Waals surface area contributed by atoms with Crippen molar-refractivity contribution in [2.24, 2.45) is 0 Å². The number of hydrogen-bond acceptors (Lipinski definition) is 6. The number of likely N-dealkylation sites (tertiary alicyclic amines) is 1. The lowest BCUT2D eigenvalue weighted by Crippen LogP contribution is -2.59. The van der Waals surface area contributed by atoms with Crippen LogP contribution in [-0.2, 0) is 4.79 Å². The Kier molecular flexibility index (Phi) is 5.06. The second-order valence-corrected chi connectivity index (χ2v) is 6.79. The molecule has 140 valence electrons. The Morgan fingerprint density at radius 3 is 2.56 bits per heavy atom. The van der Waals surface area contributed by atoms with Gasteiger partial charge in [-0.25, -0.2) is 9.97 Å². The first-order valence-corrected chi connectivity index (χ1v) is 9.27. The third-order valence-electron chi connectivity index (χ3n) is 5.03. The molecule has 8 nitrogen and oxygen atoms in total. The fourth-order valence-corrected chi connectivity index (χ4v) is 3.56. The fraction of sp³-hybridized carbons (Fsp3) is 0.421. The lowest BCUT2D eigenvalue weighted by atomic mass is 10.1. The predicted molar refractivity (Wildman–Crippen MR) is 98.8 cm³/mol. The first-order chi connectivity index (χ1) is 13.2. The van der Waals surface area contributed by atoms with Crippen molar-refractivity contribution in [2.75, 3.05) is 32.7 Å². The van der Waals surface area contributed by atoms with Crippen LogP contribution in [-0.4, -0.2) is 75.3 Å². The molecule has 27 heavy (non-hydrogen) atoms. The van der Waals surface area contributed by atoms with E-state index in [-0.39, 0.29) is 11.8 Å². The van der Waals surface area contributed by atoms with Crippen LogP contribution in [0.3, 0.4) is 0 Å². The zero-order valence-corrected chi connectivity index (χ0v) is 15.0. The molecule has 4 rings (SSSR count). The van der Waals surface area contributed by atoms with Crippen LogP contribution in [0.2, 0.25) is 0 Å². The van der Waals surface area contributed by atoms with Gasteiger partial charge in [0.25, 0.3) is 5.91 Å². The number of rotatable bonds is 3. The maximum Gasteiger partial charge on any atom is 0.257 e. The van der Waals surface area contributed by atoms with E-state index in [9.17, 15) is 9.59 Å². The molecule has 2 saturated heterocycles. The molecule has 4 heterocycles. The van der Waals surface area contributed by atoms with E-state index in [1.807, 2.05) is 17.0 Å². The second-order valence-electron chi connectivity index (χ2n) is 6.79. The maximum absolute atomic E-state index is 13.0. The third-order valence-corrected chi connectivity index (χ3v) is 5.03. The molecule has 0 spiro atoms. The summed E-state index contributed by atoms with van der Waals surface area (Å²) in [7, 11) is 0. The molecule has 1 N–H and O–H groups in total. The summed E-state index contributed by atoms with van der Waals surface area (Å²) < 4.78 is 0. The van der Waals surface area contributed by atoms with E-state index in [0.29, 0.717) is 31.0 Å². The molecule has 0 radical (unpaired) electrons. The van der Waals surface area contributed by atoms with E-state index in [2.05, 4.69) is 20.3 Å². The van der Waals surface area contributed by atoms with E-state index in [4.69, 9.17) is 0 Å². The molecule has 0 unspecified atom stereocenters. The molecule has 0 aromatic carbocycles. The number of pyridine rings is 1. The van der Waals surface area contributed by atoms with Crippen molar-refractivity contribution in [3.05, 3.63) is 42.5 Å². The molecule has 8 heteroatoms. The van der Waals surface area contributed by atoms with Crippen molar-refractivity contribution < 1.29 is 9.59 Å². The molecular formula is C19H22N6O2. The van der Waals surface area contributed by atoms with Crippen molar-refractivity contribution in [2.45, 2.75) is 18.9 Å². The molecule has 2 amide bonds. The van der Waals surface area contributed by atoms with E-state index in [0.717, 1.165) is 31.5 Å². The van der Waals surface area contributed by atoms with Gasteiger partial charge >= 0.3 is 0 Å². The first-order valence-electron chi connectivity index (χ1n) is 9.27. The molecular weight excluding hydrogens is 344 g/mol. The minimum absolute atomic E-state index is 0.0287. The fourth-order valence-electron chi connectivity index (χ4n) is 3.56. The number of amides is 2. The van der Waals surface area contributed by atoms with Gasteiger partial charge in [0.05, 0.1) is 5.56 Å². The molecule has 2 aromatic rings. The standard InChI is InChI=1S/C19H22N6O2/c26-18(15-11-22-17(23-12-15)14-4-3-5-20-10-14)25-9-6-21-13-16(25)19(27)24-7-1-2-8-24/h3-5,10-12,16,21H,1-2,6-9,13H2/t16-/m1/s1. The highest BCUT2D eigenvalue weighted by atomic mass is 16.2. The van der Waals surface area contributed by atoms with Crippen molar-refractivity contribution in [1.82, 2.24) is 30.1 Å². The number of carbonyl (C=O) groups is 2. The Labute approximate surface area is 157 Å². The quantitative estimate of drug-likeness (QED) is 0.854. The van der Waals surface area contributed by atoms with Crippen LogP contribution in [0.25, 0.3) is 11.4 Å². The highest BCUT2D eigenvalue weighted by Gasteiger charge is 2.36. The summed E-state index contributed by atoms with van der Waals surface area (Å²) in [5.41, 5.74) is 1.18. The van der Waals surface area contributed by atoms with Crippen LogP contribution >= 0.6 is 0 Å². The van der Waals surface area contributed by atoms with Crippen LogP contribution < -0.4 is 5.32 Å². The second kappa shape index (κ2) is 7.79. The lowest BCUT2D eigenvalue weighted by molar-refractivity contribution is -0.135. The SMILES string of the molecule is O=C([C@H]1CNCCN1C(=O)c1cnc(-c2cccnc2)nc1)N1CCCC1. The first kappa shape index (κ1) is 17.5. The Balaban J connectivity index is 1.52. The maximum atomic E-state index is 13.0. The molecule has 0 bridgehead atoms. The number of nitrogens with one attached hydrogen (secondary N) is 1. The lowest BCUT2D eigenvalue weighted by Gasteiger charge is -2.37. The predicted octanol–water partition coefficient (Wildman–Crippen LogP) is 0.575. The molecule has 1 atom stereocenters.